The van der Waals surface area contributed by atoms with Crippen LogP contribution >= 0.6 is 0 Å². The van der Waals surface area contributed by atoms with E-state index in [1.54, 1.807) is 18.3 Å². The van der Waals surface area contributed by atoms with E-state index in [0.717, 1.165) is 23.6 Å². The van der Waals surface area contributed by atoms with E-state index in [-0.39, 0.29) is 5.82 Å². The molecule has 2 aromatic carbocycles. The van der Waals surface area contributed by atoms with Gasteiger partial charge in [0.15, 0.2) is 5.82 Å². The van der Waals surface area contributed by atoms with Crippen LogP contribution in [-0.2, 0) is 19.0 Å². The minimum atomic E-state index is -4.54. The van der Waals surface area contributed by atoms with E-state index in [2.05, 4.69) is 10.2 Å². The number of hydrogen-bond donors (Lipinski definition) is 1. The molecule has 0 amide bonds. The first-order chi connectivity index (χ1) is 13.9. The number of rotatable bonds is 5. The molecule has 0 aliphatic rings. The van der Waals surface area contributed by atoms with Crippen molar-refractivity contribution in [1.82, 2.24) is 20.0 Å². The van der Waals surface area contributed by atoms with Gasteiger partial charge in [-0.15, -0.1) is 0 Å². The Hall–Kier alpha value is -3.42. The fourth-order valence-corrected chi connectivity index (χ4v) is 3.14. The molecule has 0 bridgehead atoms. The van der Waals surface area contributed by atoms with Crippen LogP contribution in [0.2, 0.25) is 0 Å². The summed E-state index contributed by atoms with van der Waals surface area (Å²) in [6, 6.07) is 16.5. The summed E-state index contributed by atoms with van der Waals surface area (Å²) >= 11 is 0. The maximum absolute atomic E-state index is 13.4. The number of halogens is 4. The molecule has 0 aliphatic carbocycles. The molecule has 4 nitrogen and oxygen atoms in total. The van der Waals surface area contributed by atoms with Crippen molar-refractivity contribution in [2.24, 2.45) is 0 Å². The van der Waals surface area contributed by atoms with Gasteiger partial charge in [0.25, 0.3) is 0 Å². The van der Waals surface area contributed by atoms with Gasteiger partial charge in [-0.25, -0.2) is 9.07 Å². The normalized spacial score (nSPS) is 11.7. The Balaban J connectivity index is 1.74. The molecule has 2 heterocycles. The summed E-state index contributed by atoms with van der Waals surface area (Å²) < 4.78 is 53.6. The lowest BCUT2D eigenvalue weighted by Crippen LogP contribution is -2.05. The van der Waals surface area contributed by atoms with Crippen molar-refractivity contribution < 1.29 is 17.6 Å². The third-order valence-corrected chi connectivity index (χ3v) is 4.58. The summed E-state index contributed by atoms with van der Waals surface area (Å²) in [4.78, 5) is 0. The lowest BCUT2D eigenvalue weighted by Gasteiger charge is -2.09. The molecule has 2 aromatic heterocycles. The number of benzene rings is 2. The summed E-state index contributed by atoms with van der Waals surface area (Å²) in [5.41, 5.74) is 2.23. The molecule has 29 heavy (non-hydrogen) atoms. The molecule has 0 unspecified atom stereocenters. The molecular weight excluding hydrogens is 384 g/mol. The van der Waals surface area contributed by atoms with Crippen molar-refractivity contribution >= 4 is 0 Å². The van der Waals surface area contributed by atoms with Crippen LogP contribution in [0.3, 0.4) is 0 Å². The van der Waals surface area contributed by atoms with Gasteiger partial charge in [0.05, 0.1) is 11.9 Å². The van der Waals surface area contributed by atoms with Gasteiger partial charge in [0.1, 0.15) is 11.5 Å². The summed E-state index contributed by atoms with van der Waals surface area (Å²) in [6.07, 6.45) is -1.57. The van der Waals surface area contributed by atoms with Gasteiger partial charge in [-0.3, -0.25) is 5.10 Å². The van der Waals surface area contributed by atoms with Crippen LogP contribution in [0.4, 0.5) is 17.6 Å². The highest BCUT2D eigenvalue weighted by molar-refractivity contribution is 5.65. The fourth-order valence-electron chi connectivity index (χ4n) is 3.14. The third-order valence-electron chi connectivity index (χ3n) is 4.58. The van der Waals surface area contributed by atoms with E-state index in [1.165, 1.54) is 16.8 Å². The average Bonchev–Trinajstić information content (AvgIpc) is 3.35. The first-order valence-corrected chi connectivity index (χ1v) is 8.91. The van der Waals surface area contributed by atoms with Gasteiger partial charge in [-0.2, -0.15) is 23.4 Å². The minimum Gasteiger partial charge on any atom is -0.271 e. The molecule has 0 aliphatic heterocycles. The van der Waals surface area contributed by atoms with Gasteiger partial charge in [-0.05, 0) is 48.2 Å². The first-order valence-electron chi connectivity index (χ1n) is 8.91. The van der Waals surface area contributed by atoms with E-state index in [1.807, 2.05) is 35.4 Å². The van der Waals surface area contributed by atoms with E-state index < -0.39 is 17.7 Å². The smallest absolute Gasteiger partial charge is 0.271 e. The molecule has 0 saturated heterocycles. The van der Waals surface area contributed by atoms with E-state index in [9.17, 15) is 17.6 Å². The molecule has 0 saturated carbocycles. The number of aryl methyl sites for hydroxylation is 2. The van der Waals surface area contributed by atoms with Crippen LogP contribution < -0.4 is 0 Å². The fraction of sp³-hybridized carbons (Fsp3) is 0.143. The molecule has 1 N–H and O–H groups in total. The Kier molecular flexibility index (Phi) is 4.92. The quantitative estimate of drug-likeness (QED) is 0.468. The predicted octanol–water partition coefficient (Wildman–Crippen LogP) is 5.21. The van der Waals surface area contributed by atoms with E-state index in [0.29, 0.717) is 17.7 Å². The van der Waals surface area contributed by atoms with Crippen LogP contribution in [-0.4, -0.2) is 20.0 Å². The molecular formula is C21H16F4N4. The Labute approximate surface area is 163 Å². The van der Waals surface area contributed by atoms with Crippen molar-refractivity contribution in [3.8, 4) is 17.1 Å². The maximum Gasteiger partial charge on any atom is 0.432 e. The van der Waals surface area contributed by atoms with Gasteiger partial charge in [0.2, 0.25) is 0 Å². The zero-order valence-corrected chi connectivity index (χ0v) is 15.1. The molecule has 4 aromatic rings. The maximum atomic E-state index is 13.4. The van der Waals surface area contributed by atoms with Crippen molar-refractivity contribution in [2.75, 3.05) is 0 Å². The van der Waals surface area contributed by atoms with Gasteiger partial charge in [0, 0.05) is 11.6 Å². The zero-order chi connectivity index (χ0) is 20.4. The lowest BCUT2D eigenvalue weighted by molar-refractivity contribution is -0.141. The van der Waals surface area contributed by atoms with Crippen molar-refractivity contribution in [2.45, 2.75) is 19.0 Å². The molecule has 0 spiro atoms. The Morgan fingerprint density at radius 3 is 2.31 bits per heavy atom. The van der Waals surface area contributed by atoms with Crippen molar-refractivity contribution in [3.05, 3.63) is 89.5 Å². The van der Waals surface area contributed by atoms with Crippen LogP contribution in [0.5, 0.6) is 0 Å². The van der Waals surface area contributed by atoms with Crippen LogP contribution in [0.25, 0.3) is 17.1 Å². The van der Waals surface area contributed by atoms with Crippen LogP contribution in [0.15, 0.2) is 66.9 Å². The first kappa shape index (κ1) is 18.9. The minimum absolute atomic E-state index is 0.0163. The number of H-pyrrole nitrogens is 1. The Morgan fingerprint density at radius 2 is 1.66 bits per heavy atom. The largest absolute Gasteiger partial charge is 0.432 e. The second-order valence-corrected chi connectivity index (χ2v) is 6.56. The SMILES string of the molecule is Fc1ccc(-c2c(CCc3ccccc3)cnn2-c2cc(C(F)(F)F)[nH]n2)cc1. The standard InChI is InChI=1S/C21H16F4N4/c22-17-10-8-15(9-11-17)20-16(7-6-14-4-2-1-3-5-14)13-26-29(20)19-12-18(27-28-19)21(23,24)25/h1-5,8-13H,6-7H2,(H,27,28). The monoisotopic (exact) mass is 400 g/mol. The molecule has 0 atom stereocenters. The molecule has 0 radical (unpaired) electrons. The topological polar surface area (TPSA) is 46.5 Å². The Bertz CT molecular complexity index is 1100. The summed E-state index contributed by atoms with van der Waals surface area (Å²) in [5.74, 6) is -0.382. The highest BCUT2D eigenvalue weighted by atomic mass is 19.4. The second kappa shape index (κ2) is 7.54. The molecule has 8 heteroatoms. The van der Waals surface area contributed by atoms with Gasteiger partial charge >= 0.3 is 6.18 Å². The van der Waals surface area contributed by atoms with Crippen molar-refractivity contribution in [3.63, 3.8) is 0 Å². The average molecular weight is 400 g/mol. The summed E-state index contributed by atoms with van der Waals surface area (Å²) in [7, 11) is 0. The Morgan fingerprint density at radius 1 is 0.931 bits per heavy atom. The van der Waals surface area contributed by atoms with E-state index >= 15 is 0 Å². The molecule has 4 rings (SSSR count). The number of alkyl halides is 3. The van der Waals surface area contributed by atoms with E-state index in [4.69, 9.17) is 0 Å². The highest BCUT2D eigenvalue weighted by Crippen LogP contribution is 2.31. The second-order valence-electron chi connectivity index (χ2n) is 6.56. The van der Waals surface area contributed by atoms with Gasteiger partial charge in [-0.1, -0.05) is 30.3 Å². The summed E-state index contributed by atoms with van der Waals surface area (Å²) in [5, 5.41) is 10.0. The molecule has 0 fully saturated rings. The molecule has 148 valence electrons. The number of aromatic nitrogens is 4. The zero-order valence-electron chi connectivity index (χ0n) is 15.1. The predicted molar refractivity (Wildman–Crippen MR) is 100.0 cm³/mol. The van der Waals surface area contributed by atoms with Crippen molar-refractivity contribution in [1.29, 1.82) is 0 Å². The highest BCUT2D eigenvalue weighted by Gasteiger charge is 2.33. The number of nitrogens with zero attached hydrogens (tertiary/aromatic N) is 3. The van der Waals surface area contributed by atoms with Crippen LogP contribution in [0.1, 0.15) is 16.8 Å². The van der Waals surface area contributed by atoms with Gasteiger partial charge < -0.3 is 0 Å². The number of hydrogen-bond acceptors (Lipinski definition) is 2. The van der Waals surface area contributed by atoms with Crippen LogP contribution in [0, 0.1) is 5.82 Å². The third kappa shape index (κ3) is 4.06. The number of nitrogens with one attached hydrogen (secondary N) is 1. The summed E-state index contributed by atoms with van der Waals surface area (Å²) in [6.45, 7) is 0. The lowest BCUT2D eigenvalue weighted by atomic mass is 10.0. The number of aromatic amines is 1.